The van der Waals surface area contributed by atoms with Crippen LogP contribution in [0.1, 0.15) is 15.9 Å². The van der Waals surface area contributed by atoms with E-state index >= 15 is 0 Å². The number of hydrogen-bond acceptors (Lipinski definition) is 4. The zero-order valence-corrected chi connectivity index (χ0v) is 11.7. The minimum absolute atomic E-state index is 0.125. The quantitative estimate of drug-likeness (QED) is 0.741. The molecule has 0 radical (unpaired) electrons. The van der Waals surface area contributed by atoms with Crippen LogP contribution in [0.5, 0.6) is 0 Å². The molecule has 2 amide bonds. The van der Waals surface area contributed by atoms with Crippen molar-refractivity contribution in [3.63, 3.8) is 0 Å². The summed E-state index contributed by atoms with van der Waals surface area (Å²) >= 11 is 0. The average molecular weight is 277 g/mol. The van der Waals surface area contributed by atoms with Crippen LogP contribution in [0.3, 0.4) is 0 Å². The lowest BCUT2D eigenvalue weighted by Gasteiger charge is -2.23. The molecule has 0 aliphatic carbocycles. The van der Waals surface area contributed by atoms with Gasteiger partial charge in [0.1, 0.15) is 6.04 Å². The van der Waals surface area contributed by atoms with Crippen LogP contribution >= 0.6 is 0 Å². The lowest BCUT2D eigenvalue weighted by Crippen LogP contribution is -2.48. The molecule has 1 aromatic rings. The molecule has 2 rings (SSSR count). The molecule has 0 bridgehead atoms. The van der Waals surface area contributed by atoms with Gasteiger partial charge in [-0.15, -0.1) is 0 Å². The number of benzene rings is 1. The number of morpholine rings is 1. The van der Waals surface area contributed by atoms with Crippen molar-refractivity contribution in [3.8, 4) is 0 Å². The molecule has 0 spiro atoms. The van der Waals surface area contributed by atoms with Crippen LogP contribution in [0.2, 0.25) is 0 Å². The van der Waals surface area contributed by atoms with Crippen molar-refractivity contribution in [3.05, 3.63) is 29.3 Å². The van der Waals surface area contributed by atoms with E-state index in [1.807, 2.05) is 6.92 Å². The van der Waals surface area contributed by atoms with Gasteiger partial charge in [0.05, 0.1) is 13.2 Å². The molecule has 3 N–H and O–H groups in total. The van der Waals surface area contributed by atoms with E-state index in [4.69, 9.17) is 4.74 Å². The smallest absolute Gasteiger partial charge is 0.251 e. The number of hydrogen-bond donors (Lipinski definition) is 3. The summed E-state index contributed by atoms with van der Waals surface area (Å²) < 4.78 is 5.26. The van der Waals surface area contributed by atoms with Crippen LogP contribution < -0.4 is 16.0 Å². The van der Waals surface area contributed by atoms with E-state index in [2.05, 4.69) is 16.0 Å². The number of carbonyl (C=O) groups excluding carboxylic acids is 2. The maximum absolute atomic E-state index is 12.1. The van der Waals surface area contributed by atoms with Gasteiger partial charge >= 0.3 is 0 Å². The highest BCUT2D eigenvalue weighted by Gasteiger charge is 2.21. The third kappa shape index (κ3) is 3.34. The first-order valence-electron chi connectivity index (χ1n) is 6.56. The van der Waals surface area contributed by atoms with E-state index in [0.29, 0.717) is 31.0 Å². The Labute approximate surface area is 117 Å². The summed E-state index contributed by atoms with van der Waals surface area (Å²) in [6.07, 6.45) is 0. The highest BCUT2D eigenvalue weighted by molar-refractivity contribution is 5.98. The maximum Gasteiger partial charge on any atom is 0.251 e. The lowest BCUT2D eigenvalue weighted by atomic mass is 10.1. The first-order valence-corrected chi connectivity index (χ1v) is 6.56. The normalized spacial score (nSPS) is 18.4. The summed E-state index contributed by atoms with van der Waals surface area (Å²) in [6, 6.07) is 4.84. The summed E-state index contributed by atoms with van der Waals surface area (Å²) in [5, 5.41) is 8.51. The molecule has 1 heterocycles. The topological polar surface area (TPSA) is 79.5 Å². The molecule has 108 valence electrons. The first kappa shape index (κ1) is 14.5. The highest BCUT2D eigenvalue weighted by Crippen LogP contribution is 2.17. The van der Waals surface area contributed by atoms with Gasteiger partial charge in [0, 0.05) is 24.8 Å². The molecule has 1 aromatic carbocycles. The number of amides is 2. The Morgan fingerprint density at radius 2 is 2.20 bits per heavy atom. The Bertz CT molecular complexity index is 510. The molecule has 6 heteroatoms. The van der Waals surface area contributed by atoms with Gasteiger partial charge in [0.2, 0.25) is 5.91 Å². The average Bonchev–Trinajstić information content (AvgIpc) is 2.49. The Morgan fingerprint density at radius 3 is 2.80 bits per heavy atom. The number of aryl methyl sites for hydroxylation is 1. The molecular weight excluding hydrogens is 258 g/mol. The molecular formula is C14H19N3O3. The minimum atomic E-state index is -0.332. The highest BCUT2D eigenvalue weighted by atomic mass is 16.5. The van der Waals surface area contributed by atoms with E-state index in [-0.39, 0.29) is 17.9 Å². The SMILES string of the molecule is CNC(=O)c1ccc(NC(=O)C2COCCN2)c(C)c1. The summed E-state index contributed by atoms with van der Waals surface area (Å²) in [7, 11) is 1.59. The third-order valence-electron chi connectivity index (χ3n) is 3.21. The van der Waals surface area contributed by atoms with E-state index < -0.39 is 0 Å². The zero-order chi connectivity index (χ0) is 14.5. The van der Waals surface area contributed by atoms with Gasteiger partial charge in [0.25, 0.3) is 5.91 Å². The Morgan fingerprint density at radius 1 is 1.40 bits per heavy atom. The van der Waals surface area contributed by atoms with Crippen molar-refractivity contribution in [1.29, 1.82) is 0 Å². The zero-order valence-electron chi connectivity index (χ0n) is 11.7. The monoisotopic (exact) mass is 277 g/mol. The summed E-state index contributed by atoms with van der Waals surface area (Å²) in [6.45, 7) is 3.53. The molecule has 1 fully saturated rings. The number of rotatable bonds is 3. The van der Waals surface area contributed by atoms with Crippen molar-refractivity contribution < 1.29 is 14.3 Å². The van der Waals surface area contributed by atoms with Crippen LogP contribution in [0.25, 0.3) is 0 Å². The van der Waals surface area contributed by atoms with Gasteiger partial charge in [-0.25, -0.2) is 0 Å². The number of nitrogens with one attached hydrogen (secondary N) is 3. The predicted molar refractivity (Wildman–Crippen MR) is 75.8 cm³/mol. The van der Waals surface area contributed by atoms with Gasteiger partial charge in [0.15, 0.2) is 0 Å². The van der Waals surface area contributed by atoms with Gasteiger partial charge < -0.3 is 20.7 Å². The van der Waals surface area contributed by atoms with E-state index in [1.165, 1.54) is 0 Å². The van der Waals surface area contributed by atoms with Crippen molar-refractivity contribution in [1.82, 2.24) is 10.6 Å². The second-order valence-electron chi connectivity index (χ2n) is 4.68. The molecule has 1 aliphatic rings. The molecule has 1 saturated heterocycles. The molecule has 1 aliphatic heterocycles. The lowest BCUT2D eigenvalue weighted by molar-refractivity contribution is -0.120. The van der Waals surface area contributed by atoms with Crippen LogP contribution in [0, 0.1) is 6.92 Å². The third-order valence-corrected chi connectivity index (χ3v) is 3.21. The minimum Gasteiger partial charge on any atom is -0.378 e. The van der Waals surface area contributed by atoms with Gasteiger partial charge in [-0.1, -0.05) is 0 Å². The van der Waals surface area contributed by atoms with E-state index in [0.717, 1.165) is 5.56 Å². The number of ether oxygens (including phenoxy) is 1. The van der Waals surface area contributed by atoms with Gasteiger partial charge in [-0.3, -0.25) is 9.59 Å². The number of anilines is 1. The van der Waals surface area contributed by atoms with Crippen molar-refractivity contribution in [2.45, 2.75) is 13.0 Å². The molecule has 1 unspecified atom stereocenters. The van der Waals surface area contributed by atoms with Crippen molar-refractivity contribution in [2.24, 2.45) is 0 Å². The number of carbonyl (C=O) groups is 2. The molecule has 20 heavy (non-hydrogen) atoms. The maximum atomic E-state index is 12.1. The Hall–Kier alpha value is -1.92. The molecule has 6 nitrogen and oxygen atoms in total. The molecule has 0 saturated carbocycles. The summed E-state index contributed by atoms with van der Waals surface area (Å²) in [5.41, 5.74) is 2.12. The fourth-order valence-corrected chi connectivity index (χ4v) is 2.04. The first-order chi connectivity index (χ1) is 9.61. The Balaban J connectivity index is 2.05. The standard InChI is InChI=1S/C14H19N3O3/c1-9-7-10(13(18)15-2)3-4-11(9)17-14(19)12-8-20-6-5-16-12/h3-4,7,12,16H,5-6,8H2,1-2H3,(H,15,18)(H,17,19). The summed E-state index contributed by atoms with van der Waals surface area (Å²) in [5.74, 6) is -0.270. The van der Waals surface area contributed by atoms with Crippen molar-refractivity contribution >= 4 is 17.5 Å². The van der Waals surface area contributed by atoms with Crippen LogP contribution in [-0.2, 0) is 9.53 Å². The fourth-order valence-electron chi connectivity index (χ4n) is 2.04. The fraction of sp³-hybridized carbons (Fsp3) is 0.429. The largest absolute Gasteiger partial charge is 0.378 e. The van der Waals surface area contributed by atoms with E-state index in [9.17, 15) is 9.59 Å². The van der Waals surface area contributed by atoms with Gasteiger partial charge in [-0.2, -0.15) is 0 Å². The van der Waals surface area contributed by atoms with Crippen LogP contribution in [0.4, 0.5) is 5.69 Å². The summed E-state index contributed by atoms with van der Waals surface area (Å²) in [4.78, 5) is 23.6. The van der Waals surface area contributed by atoms with Crippen LogP contribution in [0.15, 0.2) is 18.2 Å². The second kappa shape index (κ2) is 6.49. The molecule has 1 atom stereocenters. The Kier molecular flexibility index (Phi) is 4.70. The predicted octanol–water partition coefficient (Wildman–Crippen LogP) is 0.282. The molecule has 0 aromatic heterocycles. The van der Waals surface area contributed by atoms with Crippen LogP contribution in [-0.4, -0.2) is 44.7 Å². The van der Waals surface area contributed by atoms with E-state index in [1.54, 1.807) is 25.2 Å². The second-order valence-corrected chi connectivity index (χ2v) is 4.68. The van der Waals surface area contributed by atoms with Crippen molar-refractivity contribution in [2.75, 3.05) is 32.1 Å². The van der Waals surface area contributed by atoms with Gasteiger partial charge in [-0.05, 0) is 30.7 Å².